The van der Waals surface area contributed by atoms with Gasteiger partial charge in [-0.25, -0.2) is 9.97 Å². The highest BCUT2D eigenvalue weighted by Crippen LogP contribution is 2.22. The third-order valence-corrected chi connectivity index (χ3v) is 5.96. The van der Waals surface area contributed by atoms with Crippen LogP contribution in [0.25, 0.3) is 6.08 Å². The molecular weight excluding hydrogens is 418 g/mol. The first kappa shape index (κ1) is 24.4. The van der Waals surface area contributed by atoms with Crippen molar-refractivity contribution in [3.05, 3.63) is 47.1 Å². The number of nitrogens with zero attached hydrogens (tertiary/aromatic N) is 6. The van der Waals surface area contributed by atoms with E-state index in [0.717, 1.165) is 55.6 Å². The Morgan fingerprint density at radius 3 is 2.61 bits per heavy atom. The summed E-state index contributed by atoms with van der Waals surface area (Å²) in [5.41, 5.74) is 3.07. The van der Waals surface area contributed by atoms with Gasteiger partial charge < -0.3 is 19.5 Å². The Hall–Kier alpha value is -3.22. The standard InChI is InChI=1S/C24H33N7O2/c1-18-14-21(20(3)31(18)19(2)17-33-4)15-22(16-25)23(32)26-8-9-29-10-12-30(13-11-29)24-27-6-5-7-28-24/h5-7,14-15,19H,8-13,17H2,1-4H3,(H,26,32)/b22-15-. The van der Waals surface area contributed by atoms with Crippen LogP contribution >= 0.6 is 0 Å². The van der Waals surface area contributed by atoms with Crippen molar-refractivity contribution >= 4 is 17.9 Å². The van der Waals surface area contributed by atoms with Gasteiger partial charge in [-0.3, -0.25) is 9.69 Å². The fraction of sp³-hybridized carbons (Fsp3) is 0.500. The van der Waals surface area contributed by atoms with E-state index in [2.05, 4.69) is 42.6 Å². The molecule has 2 aromatic heterocycles. The van der Waals surface area contributed by atoms with Crippen LogP contribution in [0.3, 0.4) is 0 Å². The summed E-state index contributed by atoms with van der Waals surface area (Å²) in [4.78, 5) is 25.7. The third-order valence-electron chi connectivity index (χ3n) is 5.96. The Bertz CT molecular complexity index is 1000. The van der Waals surface area contributed by atoms with Gasteiger partial charge >= 0.3 is 0 Å². The summed E-state index contributed by atoms with van der Waals surface area (Å²) in [7, 11) is 1.68. The Morgan fingerprint density at radius 1 is 1.27 bits per heavy atom. The minimum atomic E-state index is -0.344. The molecule has 9 heteroatoms. The number of hydrogen-bond acceptors (Lipinski definition) is 7. The van der Waals surface area contributed by atoms with Gasteiger partial charge in [0.15, 0.2) is 0 Å². The maximum absolute atomic E-state index is 12.6. The normalized spacial score (nSPS) is 15.8. The molecule has 1 aliphatic heterocycles. The molecule has 1 unspecified atom stereocenters. The molecule has 3 heterocycles. The molecule has 33 heavy (non-hydrogen) atoms. The lowest BCUT2D eigenvalue weighted by atomic mass is 10.1. The summed E-state index contributed by atoms with van der Waals surface area (Å²) in [6.07, 6.45) is 5.18. The number of aryl methyl sites for hydroxylation is 1. The van der Waals surface area contributed by atoms with Crippen LogP contribution in [0.4, 0.5) is 5.95 Å². The number of carbonyl (C=O) groups is 1. The van der Waals surface area contributed by atoms with Gasteiger partial charge in [-0.15, -0.1) is 0 Å². The molecule has 9 nitrogen and oxygen atoms in total. The highest BCUT2D eigenvalue weighted by molar-refractivity contribution is 6.01. The number of aromatic nitrogens is 3. The smallest absolute Gasteiger partial charge is 0.261 e. The van der Waals surface area contributed by atoms with E-state index in [1.807, 2.05) is 26.0 Å². The number of carbonyl (C=O) groups excluding carboxylic acids is 1. The zero-order chi connectivity index (χ0) is 23.8. The molecule has 1 N–H and O–H groups in total. The minimum Gasteiger partial charge on any atom is -0.383 e. The molecule has 2 aromatic rings. The molecule has 176 valence electrons. The molecule has 1 atom stereocenters. The minimum absolute atomic E-state index is 0.112. The van der Waals surface area contributed by atoms with Crippen molar-refractivity contribution in [1.29, 1.82) is 5.26 Å². The quantitative estimate of drug-likeness (QED) is 0.459. The fourth-order valence-electron chi connectivity index (χ4n) is 4.30. The third kappa shape index (κ3) is 6.18. The van der Waals surface area contributed by atoms with Gasteiger partial charge in [0.2, 0.25) is 5.95 Å². The van der Waals surface area contributed by atoms with Crippen molar-refractivity contribution in [2.45, 2.75) is 26.8 Å². The number of hydrogen-bond donors (Lipinski definition) is 1. The summed E-state index contributed by atoms with van der Waals surface area (Å²) in [5, 5.41) is 12.5. The molecule has 0 saturated carbocycles. The van der Waals surface area contributed by atoms with E-state index in [-0.39, 0.29) is 17.5 Å². The number of ether oxygens (including phenoxy) is 1. The lowest BCUT2D eigenvalue weighted by Gasteiger charge is -2.34. The van der Waals surface area contributed by atoms with E-state index in [0.29, 0.717) is 13.2 Å². The first-order chi connectivity index (χ1) is 15.9. The Balaban J connectivity index is 1.52. The Kier molecular flexibility index (Phi) is 8.58. The second-order valence-corrected chi connectivity index (χ2v) is 8.30. The molecular formula is C24H33N7O2. The maximum Gasteiger partial charge on any atom is 0.261 e. The van der Waals surface area contributed by atoms with Gasteiger partial charge in [-0.1, -0.05) is 0 Å². The maximum atomic E-state index is 12.6. The average Bonchev–Trinajstić information content (AvgIpc) is 3.11. The van der Waals surface area contributed by atoms with E-state index >= 15 is 0 Å². The highest BCUT2D eigenvalue weighted by atomic mass is 16.5. The number of amides is 1. The highest BCUT2D eigenvalue weighted by Gasteiger charge is 2.19. The molecule has 0 spiro atoms. The van der Waals surface area contributed by atoms with E-state index < -0.39 is 0 Å². The SMILES string of the molecule is COCC(C)n1c(C)cc(/C=C(/C#N)C(=O)NCCN2CCN(c3ncccn3)CC2)c1C. The Labute approximate surface area is 195 Å². The van der Waals surface area contributed by atoms with E-state index in [9.17, 15) is 10.1 Å². The van der Waals surface area contributed by atoms with Gasteiger partial charge in [0, 0.05) is 70.2 Å². The van der Waals surface area contributed by atoms with Crippen LogP contribution in [0, 0.1) is 25.2 Å². The molecule has 0 radical (unpaired) electrons. The van der Waals surface area contributed by atoms with Crippen molar-refractivity contribution in [2.75, 3.05) is 57.9 Å². The molecule has 0 bridgehead atoms. The number of rotatable bonds is 9. The van der Waals surface area contributed by atoms with Crippen LogP contribution in [0.2, 0.25) is 0 Å². The largest absolute Gasteiger partial charge is 0.383 e. The lowest BCUT2D eigenvalue weighted by molar-refractivity contribution is -0.117. The molecule has 1 saturated heterocycles. The molecule has 1 fully saturated rings. The average molecular weight is 452 g/mol. The van der Waals surface area contributed by atoms with Crippen molar-refractivity contribution in [1.82, 2.24) is 24.8 Å². The topological polar surface area (TPSA) is 99.3 Å². The van der Waals surface area contributed by atoms with Gasteiger partial charge in [0.25, 0.3) is 5.91 Å². The zero-order valence-electron chi connectivity index (χ0n) is 19.9. The van der Waals surface area contributed by atoms with Crippen LogP contribution in [0.15, 0.2) is 30.1 Å². The lowest BCUT2D eigenvalue weighted by Crippen LogP contribution is -2.49. The van der Waals surface area contributed by atoms with Crippen LogP contribution < -0.4 is 10.2 Å². The first-order valence-electron chi connectivity index (χ1n) is 11.3. The van der Waals surface area contributed by atoms with Crippen molar-refractivity contribution < 1.29 is 9.53 Å². The van der Waals surface area contributed by atoms with E-state index in [1.165, 1.54) is 0 Å². The van der Waals surface area contributed by atoms with E-state index in [1.54, 1.807) is 25.6 Å². The number of nitrogens with one attached hydrogen (secondary N) is 1. The predicted molar refractivity (Wildman–Crippen MR) is 128 cm³/mol. The van der Waals surface area contributed by atoms with Crippen molar-refractivity contribution in [3.63, 3.8) is 0 Å². The van der Waals surface area contributed by atoms with Gasteiger partial charge in [0.1, 0.15) is 11.6 Å². The summed E-state index contributed by atoms with van der Waals surface area (Å²) < 4.78 is 7.44. The van der Waals surface area contributed by atoms with Gasteiger partial charge in [0.05, 0.1) is 12.6 Å². The number of anilines is 1. The molecule has 3 rings (SSSR count). The zero-order valence-corrected chi connectivity index (χ0v) is 19.9. The summed E-state index contributed by atoms with van der Waals surface area (Å²) in [5.74, 6) is 0.411. The summed E-state index contributed by atoms with van der Waals surface area (Å²) in [6.45, 7) is 11.4. The Morgan fingerprint density at radius 2 is 1.97 bits per heavy atom. The van der Waals surface area contributed by atoms with Crippen molar-refractivity contribution in [2.24, 2.45) is 0 Å². The van der Waals surface area contributed by atoms with Gasteiger partial charge in [-0.2, -0.15) is 5.26 Å². The predicted octanol–water partition coefficient (Wildman–Crippen LogP) is 1.95. The van der Waals surface area contributed by atoms with Crippen LogP contribution in [-0.2, 0) is 9.53 Å². The molecule has 0 aliphatic carbocycles. The van der Waals surface area contributed by atoms with Crippen molar-refractivity contribution in [3.8, 4) is 6.07 Å². The second kappa shape index (κ2) is 11.6. The van der Waals surface area contributed by atoms with Crippen LogP contribution in [0.5, 0.6) is 0 Å². The number of nitriles is 1. The fourth-order valence-corrected chi connectivity index (χ4v) is 4.30. The molecule has 1 amide bonds. The second-order valence-electron chi connectivity index (χ2n) is 8.30. The summed E-state index contributed by atoms with van der Waals surface area (Å²) in [6, 6.07) is 6.04. The first-order valence-corrected chi connectivity index (χ1v) is 11.3. The monoisotopic (exact) mass is 451 g/mol. The molecule has 0 aromatic carbocycles. The van der Waals surface area contributed by atoms with Gasteiger partial charge in [-0.05, 0) is 44.5 Å². The van der Waals surface area contributed by atoms with Crippen LogP contribution in [0.1, 0.15) is 29.9 Å². The number of piperazine rings is 1. The van der Waals surface area contributed by atoms with Crippen LogP contribution in [-0.4, -0.2) is 78.3 Å². The summed E-state index contributed by atoms with van der Waals surface area (Å²) >= 11 is 0. The van der Waals surface area contributed by atoms with E-state index in [4.69, 9.17) is 4.74 Å². The molecule has 1 aliphatic rings. The number of methoxy groups -OCH3 is 1.